The minimum Gasteiger partial charge on any atom is -0.366 e. The number of thioether (sulfide) groups is 1. The van der Waals surface area contributed by atoms with Gasteiger partial charge in [0.15, 0.2) is 0 Å². The Kier molecular flexibility index (Phi) is 6.58. The Hall–Kier alpha value is -3.06. The van der Waals surface area contributed by atoms with Crippen LogP contribution in [0, 0.1) is 6.92 Å². The van der Waals surface area contributed by atoms with Crippen LogP contribution in [0.25, 0.3) is 6.08 Å². The molecule has 2 aliphatic heterocycles. The van der Waals surface area contributed by atoms with Gasteiger partial charge in [0.1, 0.15) is 6.54 Å². The number of benzene rings is 2. The number of imide groups is 1. The van der Waals surface area contributed by atoms with Crippen LogP contribution in [-0.2, 0) is 9.59 Å². The molecule has 2 aromatic rings. The van der Waals surface area contributed by atoms with Crippen molar-refractivity contribution in [3.63, 3.8) is 0 Å². The van der Waals surface area contributed by atoms with Gasteiger partial charge < -0.3 is 10.2 Å². The average Bonchev–Trinajstić information content (AvgIpc) is 3.02. The third-order valence-electron chi connectivity index (χ3n) is 6.61. The van der Waals surface area contributed by atoms with E-state index in [9.17, 15) is 14.4 Å². The van der Waals surface area contributed by atoms with Crippen LogP contribution in [0.4, 0.5) is 16.2 Å². The number of nitrogens with one attached hydrogen (secondary N) is 1. The molecule has 1 N–H and O–H groups in total. The van der Waals surface area contributed by atoms with Crippen LogP contribution in [-0.4, -0.2) is 40.6 Å². The van der Waals surface area contributed by atoms with E-state index in [1.165, 1.54) is 11.3 Å². The minimum absolute atomic E-state index is 0.0814. The normalized spacial score (nSPS) is 20.6. The molecule has 0 unspecified atom stereocenters. The molecule has 0 aliphatic carbocycles. The second-order valence-electron chi connectivity index (χ2n) is 9.61. The summed E-state index contributed by atoms with van der Waals surface area (Å²) in [4.78, 5) is 41.7. The lowest BCUT2D eigenvalue weighted by atomic mass is 9.79. The molecule has 178 valence electrons. The summed E-state index contributed by atoms with van der Waals surface area (Å²) in [5.41, 5.74) is 5.19. The molecule has 1 fully saturated rings. The third-order valence-corrected chi connectivity index (χ3v) is 7.52. The van der Waals surface area contributed by atoms with Crippen LogP contribution < -0.4 is 10.2 Å². The molecule has 2 aromatic carbocycles. The Morgan fingerprint density at radius 2 is 1.91 bits per heavy atom. The van der Waals surface area contributed by atoms with Crippen LogP contribution in [0.5, 0.6) is 0 Å². The van der Waals surface area contributed by atoms with Gasteiger partial charge in [-0.05, 0) is 98.8 Å². The number of hydrogen-bond donors (Lipinski definition) is 1. The number of aryl methyl sites for hydroxylation is 1. The Labute approximate surface area is 205 Å². The maximum atomic E-state index is 13.0. The number of fused-ring (bicyclic) bond motifs is 1. The van der Waals surface area contributed by atoms with E-state index in [4.69, 9.17) is 0 Å². The summed E-state index contributed by atoms with van der Waals surface area (Å²) in [6.07, 6.45) is 2.84. The standard InChI is InChI=1S/C27H31N3O3S/c1-6-30-22-12-17(2)19(13-21(22)18(3)15-27(30,4)5)14-23-25(32)29(26(33)34-23)16-24(31)28-20-10-8-7-9-11-20/h7-14,18H,6,15-16H2,1-5H3,(H,28,31)/b23-14-/t18-/m0/s1. The van der Waals surface area contributed by atoms with Crippen molar-refractivity contribution in [3.05, 3.63) is 64.1 Å². The third kappa shape index (κ3) is 4.62. The molecule has 0 bridgehead atoms. The molecule has 2 aliphatic rings. The molecular formula is C27H31N3O3S. The van der Waals surface area contributed by atoms with Gasteiger partial charge in [-0.2, -0.15) is 0 Å². The van der Waals surface area contributed by atoms with E-state index >= 15 is 0 Å². The SMILES string of the molecule is CCN1c2cc(C)c(/C=C3\SC(=O)N(CC(=O)Nc4ccccc4)C3=O)cc2[C@@H](C)CC1(C)C. The van der Waals surface area contributed by atoms with E-state index in [2.05, 4.69) is 50.0 Å². The van der Waals surface area contributed by atoms with Gasteiger partial charge in [0, 0.05) is 23.5 Å². The summed E-state index contributed by atoms with van der Waals surface area (Å²) < 4.78 is 0. The highest BCUT2D eigenvalue weighted by molar-refractivity contribution is 8.18. The number of para-hydroxylation sites is 1. The number of hydrogen-bond acceptors (Lipinski definition) is 5. The first-order chi connectivity index (χ1) is 16.1. The second-order valence-corrected chi connectivity index (χ2v) is 10.6. The van der Waals surface area contributed by atoms with Crippen molar-refractivity contribution >= 4 is 46.3 Å². The van der Waals surface area contributed by atoms with Crippen molar-refractivity contribution < 1.29 is 14.4 Å². The molecule has 2 heterocycles. The molecule has 0 spiro atoms. The summed E-state index contributed by atoms with van der Waals surface area (Å²) in [6.45, 7) is 11.6. The fourth-order valence-corrected chi connectivity index (χ4v) is 5.88. The molecule has 3 amide bonds. The van der Waals surface area contributed by atoms with Gasteiger partial charge in [-0.25, -0.2) is 0 Å². The lowest BCUT2D eigenvalue weighted by Gasteiger charge is -2.47. The number of rotatable bonds is 5. The lowest BCUT2D eigenvalue weighted by Crippen LogP contribution is -2.48. The second kappa shape index (κ2) is 9.29. The van der Waals surface area contributed by atoms with Crippen LogP contribution in [0.3, 0.4) is 0 Å². The maximum Gasteiger partial charge on any atom is 0.294 e. The zero-order chi connectivity index (χ0) is 24.6. The summed E-state index contributed by atoms with van der Waals surface area (Å²) in [5.74, 6) is -0.451. The molecule has 7 heteroatoms. The summed E-state index contributed by atoms with van der Waals surface area (Å²) >= 11 is 0.885. The quantitative estimate of drug-likeness (QED) is 0.553. The van der Waals surface area contributed by atoms with E-state index in [0.717, 1.165) is 40.8 Å². The first-order valence-corrected chi connectivity index (χ1v) is 12.4. The van der Waals surface area contributed by atoms with E-state index < -0.39 is 17.1 Å². The van der Waals surface area contributed by atoms with Gasteiger partial charge in [0.05, 0.1) is 4.91 Å². The van der Waals surface area contributed by atoms with Crippen molar-refractivity contribution in [2.24, 2.45) is 0 Å². The van der Waals surface area contributed by atoms with E-state index in [0.29, 0.717) is 16.5 Å². The van der Waals surface area contributed by atoms with E-state index in [-0.39, 0.29) is 12.1 Å². The predicted octanol–water partition coefficient (Wildman–Crippen LogP) is 5.78. The van der Waals surface area contributed by atoms with Gasteiger partial charge in [0.2, 0.25) is 5.91 Å². The smallest absolute Gasteiger partial charge is 0.294 e. The fraction of sp³-hybridized carbons (Fsp3) is 0.370. The van der Waals surface area contributed by atoms with Gasteiger partial charge in [-0.1, -0.05) is 25.1 Å². The van der Waals surface area contributed by atoms with E-state index in [1.54, 1.807) is 30.3 Å². The minimum atomic E-state index is -0.431. The summed E-state index contributed by atoms with van der Waals surface area (Å²) in [5, 5.41) is 2.29. The topological polar surface area (TPSA) is 69.7 Å². The largest absolute Gasteiger partial charge is 0.366 e. The van der Waals surface area contributed by atoms with Crippen molar-refractivity contribution in [2.75, 3.05) is 23.3 Å². The lowest BCUT2D eigenvalue weighted by molar-refractivity contribution is -0.127. The van der Waals surface area contributed by atoms with Gasteiger partial charge in [-0.15, -0.1) is 0 Å². The van der Waals surface area contributed by atoms with Gasteiger partial charge in [0.25, 0.3) is 11.1 Å². The maximum absolute atomic E-state index is 13.0. The van der Waals surface area contributed by atoms with Crippen molar-refractivity contribution in [1.29, 1.82) is 0 Å². The first kappa shape index (κ1) is 24.1. The fourth-order valence-electron chi connectivity index (χ4n) is 5.05. The number of carbonyl (C=O) groups excluding carboxylic acids is 3. The molecule has 0 aromatic heterocycles. The predicted molar refractivity (Wildman–Crippen MR) is 139 cm³/mol. The Bertz CT molecular complexity index is 1170. The van der Waals surface area contributed by atoms with Crippen molar-refractivity contribution in [2.45, 2.75) is 52.5 Å². The molecule has 4 rings (SSSR count). The van der Waals surface area contributed by atoms with Crippen LogP contribution >= 0.6 is 11.8 Å². The van der Waals surface area contributed by atoms with E-state index in [1.807, 2.05) is 13.0 Å². The number of anilines is 2. The molecule has 0 radical (unpaired) electrons. The van der Waals surface area contributed by atoms with Crippen LogP contribution in [0.2, 0.25) is 0 Å². The monoisotopic (exact) mass is 477 g/mol. The molecule has 34 heavy (non-hydrogen) atoms. The number of carbonyl (C=O) groups is 3. The Morgan fingerprint density at radius 1 is 1.21 bits per heavy atom. The average molecular weight is 478 g/mol. The van der Waals surface area contributed by atoms with Gasteiger partial charge >= 0.3 is 0 Å². The molecule has 1 saturated heterocycles. The molecular weight excluding hydrogens is 446 g/mol. The number of amides is 3. The Morgan fingerprint density at radius 3 is 2.59 bits per heavy atom. The van der Waals surface area contributed by atoms with Crippen LogP contribution in [0.15, 0.2) is 47.4 Å². The highest BCUT2D eigenvalue weighted by Gasteiger charge is 2.38. The first-order valence-electron chi connectivity index (χ1n) is 11.6. The summed E-state index contributed by atoms with van der Waals surface area (Å²) in [7, 11) is 0. The van der Waals surface area contributed by atoms with Crippen molar-refractivity contribution in [1.82, 2.24) is 4.90 Å². The van der Waals surface area contributed by atoms with Crippen molar-refractivity contribution in [3.8, 4) is 0 Å². The zero-order valence-corrected chi connectivity index (χ0v) is 21.2. The van der Waals surface area contributed by atoms with Gasteiger partial charge in [-0.3, -0.25) is 19.3 Å². The number of nitrogens with zero attached hydrogens (tertiary/aromatic N) is 2. The highest BCUT2D eigenvalue weighted by atomic mass is 32.2. The summed E-state index contributed by atoms with van der Waals surface area (Å²) in [6, 6.07) is 13.3. The Balaban J connectivity index is 1.57. The molecule has 6 nitrogen and oxygen atoms in total. The molecule has 0 saturated carbocycles. The molecule has 1 atom stereocenters. The highest BCUT2D eigenvalue weighted by Crippen LogP contribution is 2.45. The van der Waals surface area contributed by atoms with Crippen LogP contribution in [0.1, 0.15) is 56.7 Å². The zero-order valence-electron chi connectivity index (χ0n) is 20.3.